The number of aryl methyl sites for hydroxylation is 1. The molecular weight excluding hydrogens is 382 g/mol. The van der Waals surface area contributed by atoms with Gasteiger partial charge in [-0.25, -0.2) is 4.79 Å². The molecule has 3 aromatic rings. The zero-order valence-corrected chi connectivity index (χ0v) is 15.7. The first-order chi connectivity index (χ1) is 13.5. The van der Waals surface area contributed by atoms with Crippen LogP contribution in [0.25, 0.3) is 0 Å². The van der Waals surface area contributed by atoms with Crippen molar-refractivity contribution >= 4 is 34.9 Å². The Morgan fingerprint density at radius 1 is 1.07 bits per heavy atom. The summed E-state index contributed by atoms with van der Waals surface area (Å²) in [5.74, 6) is -1.38. The lowest BCUT2D eigenvalue weighted by Crippen LogP contribution is -2.16. The van der Waals surface area contributed by atoms with Gasteiger partial charge in [0.25, 0.3) is 5.91 Å². The van der Waals surface area contributed by atoms with Gasteiger partial charge in [-0.3, -0.25) is 9.59 Å². The Morgan fingerprint density at radius 3 is 2.57 bits per heavy atom. The van der Waals surface area contributed by atoms with Crippen molar-refractivity contribution < 1.29 is 23.5 Å². The van der Waals surface area contributed by atoms with Crippen LogP contribution in [0.1, 0.15) is 36.8 Å². The molecule has 3 rings (SSSR count). The molecule has 0 saturated heterocycles. The number of carbonyl (C=O) groups is 3. The number of amides is 1. The highest BCUT2D eigenvalue weighted by atomic mass is 35.5. The van der Waals surface area contributed by atoms with E-state index in [0.717, 1.165) is 5.56 Å². The number of hydrogen-bond donors (Lipinski definition) is 1. The van der Waals surface area contributed by atoms with E-state index in [0.29, 0.717) is 10.7 Å². The zero-order valence-electron chi connectivity index (χ0n) is 14.9. The van der Waals surface area contributed by atoms with Gasteiger partial charge in [-0.15, -0.1) is 0 Å². The summed E-state index contributed by atoms with van der Waals surface area (Å²) in [7, 11) is 0. The highest BCUT2D eigenvalue weighted by Crippen LogP contribution is 2.20. The highest BCUT2D eigenvalue weighted by molar-refractivity contribution is 6.34. The summed E-state index contributed by atoms with van der Waals surface area (Å²) in [6.45, 7) is 1.35. The van der Waals surface area contributed by atoms with Crippen molar-refractivity contribution in [2.45, 2.75) is 6.92 Å². The first kappa shape index (κ1) is 19.4. The van der Waals surface area contributed by atoms with E-state index in [1.54, 1.807) is 49.4 Å². The van der Waals surface area contributed by atoms with Crippen LogP contribution in [0.2, 0.25) is 5.02 Å². The minimum atomic E-state index is -0.686. The third kappa shape index (κ3) is 4.47. The maximum absolute atomic E-state index is 12.3. The van der Waals surface area contributed by atoms with E-state index in [1.165, 1.54) is 18.4 Å². The van der Waals surface area contributed by atoms with E-state index in [4.69, 9.17) is 20.8 Å². The van der Waals surface area contributed by atoms with Gasteiger partial charge in [-0.2, -0.15) is 0 Å². The van der Waals surface area contributed by atoms with Crippen molar-refractivity contribution in [3.05, 3.63) is 88.3 Å². The lowest BCUT2D eigenvalue weighted by molar-refractivity contribution is 0.0474. The van der Waals surface area contributed by atoms with Gasteiger partial charge in [-0.1, -0.05) is 29.8 Å². The van der Waals surface area contributed by atoms with Gasteiger partial charge in [0.2, 0.25) is 5.78 Å². The average Bonchev–Trinajstić information content (AvgIpc) is 3.23. The monoisotopic (exact) mass is 397 g/mol. The molecule has 0 bridgehead atoms. The number of nitrogens with one attached hydrogen (secondary N) is 1. The molecule has 1 amide bonds. The number of Topliss-reactive ketones (excluding diaryl/α,β-unsaturated/α-hetero) is 1. The molecule has 0 radical (unpaired) electrons. The Balaban J connectivity index is 1.68. The number of rotatable bonds is 6. The summed E-state index contributed by atoms with van der Waals surface area (Å²) < 4.78 is 10.1. The highest BCUT2D eigenvalue weighted by Gasteiger charge is 2.16. The predicted molar refractivity (Wildman–Crippen MR) is 104 cm³/mol. The number of esters is 1. The lowest BCUT2D eigenvalue weighted by Gasteiger charge is -2.10. The number of furan rings is 1. The van der Waals surface area contributed by atoms with Crippen LogP contribution in [0, 0.1) is 6.92 Å². The van der Waals surface area contributed by atoms with Crippen molar-refractivity contribution in [1.29, 1.82) is 0 Å². The van der Waals surface area contributed by atoms with Gasteiger partial charge >= 0.3 is 5.97 Å². The molecule has 0 aliphatic heterocycles. The van der Waals surface area contributed by atoms with E-state index >= 15 is 0 Å². The Labute approximate surface area is 166 Å². The van der Waals surface area contributed by atoms with Gasteiger partial charge in [0.15, 0.2) is 12.4 Å². The van der Waals surface area contributed by atoms with E-state index in [-0.39, 0.29) is 16.9 Å². The fourth-order valence-electron chi connectivity index (χ4n) is 2.45. The fourth-order valence-corrected chi connectivity index (χ4v) is 2.70. The average molecular weight is 398 g/mol. The molecule has 7 heteroatoms. The quantitative estimate of drug-likeness (QED) is 0.487. The topological polar surface area (TPSA) is 85.6 Å². The summed E-state index contributed by atoms with van der Waals surface area (Å²) in [6.07, 6.45) is 1.39. The molecule has 0 saturated carbocycles. The van der Waals surface area contributed by atoms with Crippen LogP contribution >= 0.6 is 11.6 Å². The molecule has 1 aromatic heterocycles. The maximum atomic E-state index is 12.3. The third-order valence-corrected chi connectivity index (χ3v) is 4.30. The molecule has 0 unspecified atom stereocenters. The Hall–Kier alpha value is -3.38. The van der Waals surface area contributed by atoms with Crippen molar-refractivity contribution in [3.63, 3.8) is 0 Å². The van der Waals surface area contributed by atoms with Crippen LogP contribution in [-0.4, -0.2) is 24.3 Å². The summed E-state index contributed by atoms with van der Waals surface area (Å²) in [4.78, 5) is 36.6. The number of ether oxygens (including phenoxy) is 1. The second-order valence-electron chi connectivity index (χ2n) is 5.94. The van der Waals surface area contributed by atoms with Crippen LogP contribution < -0.4 is 5.32 Å². The number of ketones is 1. The molecule has 142 valence electrons. The molecule has 28 heavy (non-hydrogen) atoms. The summed E-state index contributed by atoms with van der Waals surface area (Å²) >= 11 is 5.97. The minimum absolute atomic E-state index is 0.151. The molecule has 1 heterocycles. The van der Waals surface area contributed by atoms with Crippen molar-refractivity contribution in [2.24, 2.45) is 0 Å². The first-order valence-corrected chi connectivity index (χ1v) is 8.74. The molecule has 0 fully saturated rings. The molecule has 0 aliphatic rings. The number of benzene rings is 2. The van der Waals surface area contributed by atoms with Gasteiger partial charge in [-0.05, 0) is 48.9 Å². The number of carbonyl (C=O) groups excluding carboxylic acids is 3. The Kier molecular flexibility index (Phi) is 5.91. The van der Waals surface area contributed by atoms with E-state index in [1.807, 2.05) is 0 Å². The van der Waals surface area contributed by atoms with Crippen LogP contribution in [0.3, 0.4) is 0 Å². The number of halogens is 1. The maximum Gasteiger partial charge on any atom is 0.338 e. The van der Waals surface area contributed by atoms with Crippen LogP contribution in [0.15, 0.2) is 65.3 Å². The van der Waals surface area contributed by atoms with Crippen LogP contribution in [0.4, 0.5) is 5.69 Å². The number of anilines is 1. The van der Waals surface area contributed by atoms with Gasteiger partial charge in [0, 0.05) is 11.3 Å². The molecular formula is C21H16ClNO5. The minimum Gasteiger partial charge on any atom is -0.459 e. The van der Waals surface area contributed by atoms with Crippen molar-refractivity contribution in [2.75, 3.05) is 11.9 Å². The fraction of sp³-hybridized carbons (Fsp3) is 0.0952. The largest absolute Gasteiger partial charge is 0.459 e. The molecule has 0 spiro atoms. The van der Waals surface area contributed by atoms with E-state index in [2.05, 4.69) is 5.32 Å². The summed E-state index contributed by atoms with van der Waals surface area (Å²) in [5.41, 5.74) is 1.68. The predicted octanol–water partition coefficient (Wildman–Crippen LogP) is 4.53. The second kappa shape index (κ2) is 8.54. The second-order valence-corrected chi connectivity index (χ2v) is 6.35. The standard InChI is InChI=1S/C21H16ClNO5/c1-13-8-9-14(11-17(13)23-20(25)19-7-4-10-27-19)21(26)28-12-18(24)15-5-2-3-6-16(15)22/h2-11H,12H2,1H3,(H,23,25). The van der Waals surface area contributed by atoms with Crippen LogP contribution in [-0.2, 0) is 4.74 Å². The Morgan fingerprint density at radius 2 is 1.86 bits per heavy atom. The van der Waals surface area contributed by atoms with E-state index in [9.17, 15) is 14.4 Å². The molecule has 0 aliphatic carbocycles. The molecule has 6 nitrogen and oxygen atoms in total. The number of hydrogen-bond acceptors (Lipinski definition) is 5. The molecule has 1 N–H and O–H groups in total. The summed E-state index contributed by atoms with van der Waals surface area (Å²) in [5, 5.41) is 2.97. The first-order valence-electron chi connectivity index (χ1n) is 8.36. The van der Waals surface area contributed by atoms with Crippen LogP contribution in [0.5, 0.6) is 0 Å². The van der Waals surface area contributed by atoms with Gasteiger partial charge in [0.05, 0.1) is 16.8 Å². The van der Waals surface area contributed by atoms with Gasteiger partial charge < -0.3 is 14.5 Å². The third-order valence-electron chi connectivity index (χ3n) is 3.98. The lowest BCUT2D eigenvalue weighted by atomic mass is 10.1. The SMILES string of the molecule is Cc1ccc(C(=O)OCC(=O)c2ccccc2Cl)cc1NC(=O)c1ccco1. The van der Waals surface area contributed by atoms with E-state index < -0.39 is 24.3 Å². The summed E-state index contributed by atoms with van der Waals surface area (Å²) in [6, 6.07) is 14.4. The Bertz CT molecular complexity index is 1030. The van der Waals surface area contributed by atoms with Gasteiger partial charge in [0.1, 0.15) is 0 Å². The van der Waals surface area contributed by atoms with Crippen molar-refractivity contribution in [3.8, 4) is 0 Å². The molecule has 0 atom stereocenters. The van der Waals surface area contributed by atoms with Crippen molar-refractivity contribution in [1.82, 2.24) is 0 Å². The smallest absolute Gasteiger partial charge is 0.338 e. The normalized spacial score (nSPS) is 10.4. The zero-order chi connectivity index (χ0) is 20.1. The molecule has 2 aromatic carbocycles.